The summed E-state index contributed by atoms with van der Waals surface area (Å²) in [5.41, 5.74) is 2.30. The molecule has 0 amide bonds. The number of carbonyl (C=O) groups is 1. The molecule has 0 aliphatic carbocycles. The van der Waals surface area contributed by atoms with E-state index in [1.807, 2.05) is 19.1 Å². The van der Waals surface area contributed by atoms with Crippen LogP contribution in [0.2, 0.25) is 0 Å². The Morgan fingerprint density at radius 1 is 1.47 bits per heavy atom. The normalized spacial score (nSPS) is 9.76. The fraction of sp³-hybridized carbons (Fsp3) is 0.385. The summed E-state index contributed by atoms with van der Waals surface area (Å²) in [5, 5.41) is 9.08. The van der Waals surface area contributed by atoms with Gasteiger partial charge < -0.3 is 4.74 Å². The first-order valence-electron chi connectivity index (χ1n) is 5.49. The molecule has 1 rings (SSSR count). The molecule has 3 nitrogen and oxygen atoms in total. The maximum Gasteiger partial charge on any atom is 0.310 e. The largest absolute Gasteiger partial charge is 0.466 e. The van der Waals surface area contributed by atoms with Gasteiger partial charge >= 0.3 is 5.97 Å². The molecule has 0 bridgehead atoms. The number of esters is 1. The molecular weight excluding hydrogens is 282 g/mol. The van der Waals surface area contributed by atoms with Crippen LogP contribution in [0.5, 0.6) is 0 Å². The Bertz CT molecular complexity index is 463. The van der Waals surface area contributed by atoms with Crippen molar-refractivity contribution in [2.45, 2.75) is 26.7 Å². The van der Waals surface area contributed by atoms with Crippen LogP contribution >= 0.6 is 15.9 Å². The highest BCUT2D eigenvalue weighted by molar-refractivity contribution is 9.10. The number of hydrogen-bond donors (Lipinski definition) is 0. The Morgan fingerprint density at radius 2 is 2.18 bits per heavy atom. The zero-order chi connectivity index (χ0) is 12.8. The Balaban J connectivity index is 3.07. The van der Waals surface area contributed by atoms with Crippen molar-refractivity contribution in [1.29, 1.82) is 5.26 Å². The van der Waals surface area contributed by atoms with Crippen molar-refractivity contribution in [3.05, 3.63) is 33.3 Å². The maximum absolute atomic E-state index is 11.4. The summed E-state index contributed by atoms with van der Waals surface area (Å²) in [5.74, 6) is -0.311. The molecule has 1 aromatic carbocycles. The molecule has 0 heterocycles. The molecule has 1 aromatic rings. The van der Waals surface area contributed by atoms with E-state index in [0.717, 1.165) is 16.5 Å². The molecule has 0 radical (unpaired) electrons. The van der Waals surface area contributed by atoms with E-state index in [9.17, 15) is 4.79 Å². The van der Waals surface area contributed by atoms with Gasteiger partial charge in [0.1, 0.15) is 0 Å². The van der Waals surface area contributed by atoms with Gasteiger partial charge in [0.25, 0.3) is 0 Å². The molecule has 0 N–H and O–H groups in total. The molecule has 4 heteroatoms. The van der Waals surface area contributed by atoms with E-state index in [2.05, 4.69) is 22.0 Å². The minimum atomic E-state index is -0.311. The van der Waals surface area contributed by atoms with Crippen LogP contribution in [0.4, 0.5) is 0 Å². The van der Waals surface area contributed by atoms with Gasteiger partial charge in [0.15, 0.2) is 0 Å². The first-order valence-corrected chi connectivity index (χ1v) is 6.28. The van der Waals surface area contributed by atoms with Crippen LogP contribution < -0.4 is 0 Å². The lowest BCUT2D eigenvalue weighted by molar-refractivity contribution is -0.142. The lowest BCUT2D eigenvalue weighted by atomic mass is 10.0. The van der Waals surface area contributed by atoms with Crippen molar-refractivity contribution in [3.63, 3.8) is 0 Å². The van der Waals surface area contributed by atoms with Crippen LogP contribution in [0.25, 0.3) is 0 Å². The van der Waals surface area contributed by atoms with E-state index in [1.54, 1.807) is 6.92 Å². The van der Waals surface area contributed by atoms with E-state index < -0.39 is 0 Å². The smallest absolute Gasteiger partial charge is 0.310 e. The Morgan fingerprint density at radius 3 is 2.71 bits per heavy atom. The predicted octanol–water partition coefficient (Wildman–Crippen LogP) is 2.99. The molecule has 0 spiro atoms. The summed E-state index contributed by atoms with van der Waals surface area (Å²) in [6.07, 6.45) is 0.980. The number of halogens is 1. The van der Waals surface area contributed by atoms with Crippen LogP contribution in [-0.2, 0) is 22.4 Å². The molecule has 0 aliphatic rings. The Kier molecular flexibility index (Phi) is 5.17. The molecule has 17 heavy (non-hydrogen) atoms. The van der Waals surface area contributed by atoms with E-state index in [4.69, 9.17) is 10.00 Å². The second-order valence-electron chi connectivity index (χ2n) is 3.55. The summed E-state index contributed by atoms with van der Waals surface area (Å²) >= 11 is 3.40. The van der Waals surface area contributed by atoms with Gasteiger partial charge in [-0.05, 0) is 36.6 Å². The molecular formula is C13H14BrNO2. The minimum absolute atomic E-state index is 0.126. The average molecular weight is 296 g/mol. The zero-order valence-corrected chi connectivity index (χ0v) is 11.5. The molecule has 0 aliphatic heterocycles. The van der Waals surface area contributed by atoms with Crippen molar-refractivity contribution >= 4 is 21.9 Å². The van der Waals surface area contributed by atoms with Gasteiger partial charge in [-0.25, -0.2) is 0 Å². The second kappa shape index (κ2) is 6.41. The summed E-state index contributed by atoms with van der Waals surface area (Å²) in [6.45, 7) is 4.14. The monoisotopic (exact) mass is 295 g/mol. The van der Waals surface area contributed by atoms with Crippen molar-refractivity contribution in [1.82, 2.24) is 0 Å². The third-order valence-corrected chi connectivity index (χ3v) is 3.12. The summed E-state index contributed by atoms with van der Waals surface area (Å²) in [4.78, 5) is 11.4. The van der Waals surface area contributed by atoms with Crippen molar-refractivity contribution in [3.8, 4) is 6.07 Å². The number of hydrogen-bond acceptors (Lipinski definition) is 3. The lowest BCUT2D eigenvalue weighted by Gasteiger charge is -2.08. The van der Waals surface area contributed by atoms with E-state index in [-0.39, 0.29) is 12.4 Å². The minimum Gasteiger partial charge on any atom is -0.466 e. The van der Waals surface area contributed by atoms with Crippen molar-refractivity contribution < 1.29 is 9.53 Å². The van der Waals surface area contributed by atoms with E-state index >= 15 is 0 Å². The molecule has 0 atom stereocenters. The summed E-state index contributed by atoms with van der Waals surface area (Å²) < 4.78 is 5.68. The quantitative estimate of drug-likeness (QED) is 0.803. The maximum atomic E-state index is 11.4. The molecule has 0 aromatic heterocycles. The van der Waals surface area contributed by atoms with Crippen LogP contribution in [0, 0.1) is 11.3 Å². The third kappa shape index (κ3) is 3.57. The standard InChI is InChI=1S/C13H14BrNO2/c1-3-9-5-10(8-15)11(12(14)6-9)7-13(16)17-4-2/h5-6H,3-4,7H2,1-2H3. The van der Waals surface area contributed by atoms with Gasteiger partial charge in [0.2, 0.25) is 0 Å². The molecule has 90 valence electrons. The number of benzene rings is 1. The number of nitriles is 1. The van der Waals surface area contributed by atoms with E-state index in [0.29, 0.717) is 17.7 Å². The van der Waals surface area contributed by atoms with Gasteiger partial charge in [-0.15, -0.1) is 0 Å². The second-order valence-corrected chi connectivity index (χ2v) is 4.41. The number of rotatable bonds is 4. The first kappa shape index (κ1) is 13.7. The van der Waals surface area contributed by atoms with Crippen molar-refractivity contribution in [2.75, 3.05) is 6.61 Å². The number of ether oxygens (including phenoxy) is 1. The Labute approximate surface area is 110 Å². The Hall–Kier alpha value is -1.34. The highest BCUT2D eigenvalue weighted by Gasteiger charge is 2.13. The summed E-state index contributed by atoms with van der Waals surface area (Å²) in [6, 6.07) is 5.88. The summed E-state index contributed by atoms with van der Waals surface area (Å²) in [7, 11) is 0. The van der Waals surface area contributed by atoms with Gasteiger partial charge in [-0.2, -0.15) is 5.26 Å². The van der Waals surface area contributed by atoms with Gasteiger partial charge in [0.05, 0.1) is 24.7 Å². The predicted molar refractivity (Wildman–Crippen MR) is 68.6 cm³/mol. The molecule has 0 unspecified atom stereocenters. The first-order chi connectivity index (χ1) is 8.12. The SMILES string of the molecule is CCOC(=O)Cc1c(Br)cc(CC)cc1C#N. The fourth-order valence-electron chi connectivity index (χ4n) is 1.53. The van der Waals surface area contributed by atoms with Crippen LogP contribution in [0.1, 0.15) is 30.5 Å². The van der Waals surface area contributed by atoms with Crippen LogP contribution in [-0.4, -0.2) is 12.6 Å². The molecule has 0 fully saturated rings. The highest BCUT2D eigenvalue weighted by atomic mass is 79.9. The average Bonchev–Trinajstić information content (AvgIpc) is 2.31. The van der Waals surface area contributed by atoms with Gasteiger partial charge in [-0.3, -0.25) is 4.79 Å². The van der Waals surface area contributed by atoms with Gasteiger partial charge in [-0.1, -0.05) is 22.9 Å². The third-order valence-electron chi connectivity index (χ3n) is 2.41. The molecule has 0 saturated heterocycles. The lowest BCUT2D eigenvalue weighted by Crippen LogP contribution is -2.09. The fourth-order valence-corrected chi connectivity index (χ4v) is 2.18. The van der Waals surface area contributed by atoms with Gasteiger partial charge in [0, 0.05) is 4.47 Å². The number of carbonyl (C=O) groups excluding carboxylic acids is 1. The van der Waals surface area contributed by atoms with Crippen molar-refractivity contribution in [2.24, 2.45) is 0 Å². The van der Waals surface area contributed by atoms with Crippen LogP contribution in [0.3, 0.4) is 0 Å². The number of nitrogens with zero attached hydrogens (tertiary/aromatic N) is 1. The molecule has 0 saturated carbocycles. The topological polar surface area (TPSA) is 50.1 Å². The van der Waals surface area contributed by atoms with Crippen LogP contribution in [0.15, 0.2) is 16.6 Å². The number of aryl methyl sites for hydroxylation is 1. The van der Waals surface area contributed by atoms with E-state index in [1.165, 1.54) is 0 Å². The highest BCUT2D eigenvalue weighted by Crippen LogP contribution is 2.24. The zero-order valence-electron chi connectivity index (χ0n) is 9.92.